The van der Waals surface area contributed by atoms with Crippen molar-refractivity contribution in [2.24, 2.45) is 0 Å². The van der Waals surface area contributed by atoms with Gasteiger partial charge in [-0.3, -0.25) is 0 Å². The topological polar surface area (TPSA) is 90.1 Å². The zero-order valence-corrected chi connectivity index (χ0v) is 11.7. The summed E-state index contributed by atoms with van der Waals surface area (Å²) in [4.78, 5) is 0. The number of anilines is 4. The van der Waals surface area contributed by atoms with Crippen LogP contribution in [0.3, 0.4) is 0 Å². The van der Waals surface area contributed by atoms with Crippen LogP contribution in [-0.4, -0.2) is 6.54 Å². The minimum Gasteiger partial charge on any atom is -0.399 e. The number of nitrogens with one attached hydrogen (secondary N) is 1. The van der Waals surface area contributed by atoms with Crippen LogP contribution in [0.5, 0.6) is 0 Å². The van der Waals surface area contributed by atoms with E-state index in [2.05, 4.69) is 5.32 Å². The molecule has 7 N–H and O–H groups in total. The van der Waals surface area contributed by atoms with Crippen LogP contribution in [0.1, 0.15) is 5.56 Å². The molecule has 2 rings (SSSR count). The quantitative estimate of drug-likeness (QED) is 0.650. The van der Waals surface area contributed by atoms with Crippen LogP contribution in [0.15, 0.2) is 42.5 Å². The summed E-state index contributed by atoms with van der Waals surface area (Å²) in [5, 5.41) is 3.77. The molecule has 104 valence electrons. The van der Waals surface area contributed by atoms with E-state index in [0.29, 0.717) is 28.6 Å². The fourth-order valence-electron chi connectivity index (χ4n) is 1.75. The average molecular weight is 289 g/mol. The second kappa shape index (κ2) is 6.21. The first kappa shape index (κ1) is 14.1. The Morgan fingerprint density at radius 1 is 1.00 bits per heavy atom. The normalized spacial score (nSPS) is 10.8. The van der Waals surface area contributed by atoms with Crippen molar-refractivity contribution >= 4 is 40.4 Å². The molecule has 0 bridgehead atoms. The molecule has 0 saturated heterocycles. The number of benzene rings is 2. The highest BCUT2D eigenvalue weighted by Gasteiger charge is 1.97. The molecule has 0 atom stereocenters. The summed E-state index contributed by atoms with van der Waals surface area (Å²) in [6, 6.07) is 10.8. The molecule has 0 aliphatic heterocycles. The summed E-state index contributed by atoms with van der Waals surface area (Å²) >= 11 is 5.86. The van der Waals surface area contributed by atoms with E-state index in [-0.39, 0.29) is 0 Å². The Morgan fingerprint density at radius 2 is 1.80 bits per heavy atom. The van der Waals surface area contributed by atoms with Gasteiger partial charge < -0.3 is 22.5 Å². The molecule has 0 aromatic heterocycles. The molecular weight excluding hydrogens is 272 g/mol. The van der Waals surface area contributed by atoms with E-state index in [1.54, 1.807) is 24.3 Å². The smallest absolute Gasteiger partial charge is 0.0636 e. The molecular formula is C15H17ClN4. The fourth-order valence-corrected chi connectivity index (χ4v) is 1.87. The van der Waals surface area contributed by atoms with Gasteiger partial charge >= 0.3 is 0 Å². The molecule has 0 radical (unpaired) electrons. The summed E-state index contributed by atoms with van der Waals surface area (Å²) in [6.07, 6.45) is 3.90. The Morgan fingerprint density at radius 3 is 2.55 bits per heavy atom. The first-order valence-corrected chi connectivity index (χ1v) is 6.54. The highest BCUT2D eigenvalue weighted by atomic mass is 35.5. The number of rotatable bonds is 4. The summed E-state index contributed by atoms with van der Waals surface area (Å²) in [6.45, 7) is 0.648. The maximum absolute atomic E-state index is 5.86. The van der Waals surface area contributed by atoms with Crippen LogP contribution >= 0.6 is 11.6 Å². The minimum absolute atomic E-state index is 0.554. The maximum Gasteiger partial charge on any atom is 0.0636 e. The molecule has 5 heteroatoms. The standard InChI is InChI=1S/C15H17ClN4/c16-13-5-4-12(9-15(13)19)20-7-1-2-10-8-11(17)3-6-14(10)18/h1-6,8-9,20H,7,17-19H2. The third-order valence-electron chi connectivity index (χ3n) is 2.83. The van der Waals surface area contributed by atoms with Crippen molar-refractivity contribution in [3.05, 3.63) is 53.1 Å². The molecule has 20 heavy (non-hydrogen) atoms. The molecule has 0 aliphatic rings. The van der Waals surface area contributed by atoms with E-state index in [4.69, 9.17) is 28.8 Å². The molecule has 0 aliphatic carbocycles. The molecule has 0 unspecified atom stereocenters. The predicted molar refractivity (Wildman–Crippen MR) is 88.7 cm³/mol. The highest BCUT2D eigenvalue weighted by Crippen LogP contribution is 2.22. The summed E-state index contributed by atoms with van der Waals surface area (Å²) in [7, 11) is 0. The van der Waals surface area contributed by atoms with E-state index in [1.807, 2.05) is 24.3 Å². The van der Waals surface area contributed by atoms with Gasteiger partial charge in [-0.2, -0.15) is 0 Å². The van der Waals surface area contributed by atoms with E-state index < -0.39 is 0 Å². The third-order valence-corrected chi connectivity index (χ3v) is 3.17. The fraction of sp³-hybridized carbons (Fsp3) is 0.0667. The monoisotopic (exact) mass is 288 g/mol. The van der Waals surface area contributed by atoms with Crippen molar-refractivity contribution < 1.29 is 0 Å². The van der Waals surface area contributed by atoms with Gasteiger partial charge in [-0.05, 0) is 42.0 Å². The van der Waals surface area contributed by atoms with Gasteiger partial charge in [-0.25, -0.2) is 0 Å². The minimum atomic E-state index is 0.554. The number of hydrogen-bond acceptors (Lipinski definition) is 4. The van der Waals surface area contributed by atoms with Crippen LogP contribution in [-0.2, 0) is 0 Å². The van der Waals surface area contributed by atoms with Gasteiger partial charge in [0.15, 0.2) is 0 Å². The number of nitrogens with two attached hydrogens (primary N) is 3. The van der Waals surface area contributed by atoms with Gasteiger partial charge in [0.2, 0.25) is 0 Å². The second-order valence-corrected chi connectivity index (χ2v) is 4.82. The first-order chi connectivity index (χ1) is 9.56. The summed E-state index contributed by atoms with van der Waals surface area (Å²) < 4.78 is 0. The number of halogens is 1. The van der Waals surface area contributed by atoms with Crippen LogP contribution in [0.25, 0.3) is 6.08 Å². The van der Waals surface area contributed by atoms with Crippen molar-refractivity contribution in [2.75, 3.05) is 29.1 Å². The molecule has 0 saturated carbocycles. The van der Waals surface area contributed by atoms with Crippen molar-refractivity contribution in [3.63, 3.8) is 0 Å². The van der Waals surface area contributed by atoms with E-state index in [0.717, 1.165) is 11.3 Å². The van der Waals surface area contributed by atoms with Crippen molar-refractivity contribution in [2.45, 2.75) is 0 Å². The van der Waals surface area contributed by atoms with Crippen LogP contribution in [0.4, 0.5) is 22.7 Å². The van der Waals surface area contributed by atoms with Gasteiger partial charge in [0, 0.05) is 23.6 Å². The maximum atomic E-state index is 5.86. The van der Waals surface area contributed by atoms with Crippen molar-refractivity contribution in [1.82, 2.24) is 0 Å². The Hall–Kier alpha value is -2.33. The van der Waals surface area contributed by atoms with E-state index in [9.17, 15) is 0 Å². The second-order valence-electron chi connectivity index (χ2n) is 4.41. The highest BCUT2D eigenvalue weighted by molar-refractivity contribution is 6.33. The zero-order chi connectivity index (χ0) is 14.5. The summed E-state index contributed by atoms with van der Waals surface area (Å²) in [5.74, 6) is 0. The van der Waals surface area contributed by atoms with Gasteiger partial charge in [-0.1, -0.05) is 23.8 Å². The Balaban J connectivity index is 1.96. The first-order valence-electron chi connectivity index (χ1n) is 6.16. The molecule has 0 amide bonds. The largest absolute Gasteiger partial charge is 0.399 e. The van der Waals surface area contributed by atoms with Gasteiger partial charge in [0.1, 0.15) is 0 Å². The SMILES string of the molecule is Nc1ccc(N)c(C=CCNc2ccc(Cl)c(N)c2)c1. The van der Waals surface area contributed by atoms with Crippen LogP contribution in [0, 0.1) is 0 Å². The molecule has 2 aromatic carbocycles. The van der Waals surface area contributed by atoms with E-state index in [1.165, 1.54) is 0 Å². The third kappa shape index (κ3) is 3.59. The predicted octanol–water partition coefficient (Wildman–Crippen LogP) is 3.21. The molecule has 0 heterocycles. The van der Waals surface area contributed by atoms with Gasteiger partial charge in [0.05, 0.1) is 10.7 Å². The zero-order valence-electron chi connectivity index (χ0n) is 10.9. The lowest BCUT2D eigenvalue weighted by molar-refractivity contribution is 1.34. The van der Waals surface area contributed by atoms with Crippen molar-refractivity contribution in [3.8, 4) is 0 Å². The Bertz CT molecular complexity index is 638. The molecule has 0 spiro atoms. The average Bonchev–Trinajstić information content (AvgIpc) is 2.42. The lowest BCUT2D eigenvalue weighted by Crippen LogP contribution is -1.99. The lowest BCUT2D eigenvalue weighted by Gasteiger charge is -2.06. The molecule has 4 nitrogen and oxygen atoms in total. The Labute approximate surface area is 123 Å². The lowest BCUT2D eigenvalue weighted by atomic mass is 10.1. The molecule has 0 fully saturated rings. The van der Waals surface area contributed by atoms with Crippen LogP contribution in [0.2, 0.25) is 5.02 Å². The molecule has 2 aromatic rings. The Kier molecular flexibility index (Phi) is 4.38. The van der Waals surface area contributed by atoms with Crippen molar-refractivity contribution in [1.29, 1.82) is 0 Å². The van der Waals surface area contributed by atoms with Crippen LogP contribution < -0.4 is 22.5 Å². The number of nitrogen functional groups attached to an aromatic ring is 3. The van der Waals surface area contributed by atoms with Gasteiger partial charge in [0.25, 0.3) is 0 Å². The van der Waals surface area contributed by atoms with E-state index >= 15 is 0 Å². The number of hydrogen-bond donors (Lipinski definition) is 4. The summed E-state index contributed by atoms with van der Waals surface area (Å²) in [5.41, 5.74) is 21.1. The van der Waals surface area contributed by atoms with Gasteiger partial charge in [-0.15, -0.1) is 0 Å².